The van der Waals surface area contributed by atoms with E-state index in [1.165, 1.54) is 16.1 Å². The minimum atomic E-state index is 0.870. The summed E-state index contributed by atoms with van der Waals surface area (Å²) in [5.74, 6) is 1.12. The third kappa shape index (κ3) is 1.82. The molecule has 2 aliphatic rings. The Balaban J connectivity index is 2.00. The maximum Gasteiger partial charge on any atom is 0.141 e. The number of benzene rings is 1. The van der Waals surface area contributed by atoms with E-state index in [0.29, 0.717) is 0 Å². The maximum atomic E-state index is 4.46. The van der Waals surface area contributed by atoms with E-state index in [9.17, 15) is 0 Å². The first-order valence-electron chi connectivity index (χ1n) is 5.83. The molecule has 0 unspecified atom stereocenters. The van der Waals surface area contributed by atoms with E-state index < -0.39 is 0 Å². The van der Waals surface area contributed by atoms with Crippen molar-refractivity contribution in [1.29, 1.82) is 0 Å². The zero-order valence-corrected chi connectivity index (χ0v) is 10.8. The molecule has 2 aliphatic heterocycles. The van der Waals surface area contributed by atoms with Crippen molar-refractivity contribution in [2.45, 2.75) is 18.2 Å². The van der Waals surface area contributed by atoms with Crippen molar-refractivity contribution in [3.8, 4) is 0 Å². The van der Waals surface area contributed by atoms with Crippen LogP contribution in [0.25, 0.3) is 0 Å². The molecule has 1 N–H and O–H groups in total. The minimum absolute atomic E-state index is 0.870. The predicted molar refractivity (Wildman–Crippen MR) is 73.4 cm³/mol. The van der Waals surface area contributed by atoms with Crippen molar-refractivity contribution in [1.82, 2.24) is 4.90 Å². The average molecular weight is 245 g/mol. The molecule has 3 rings (SSSR count). The number of thioether (sulfide) groups is 1. The van der Waals surface area contributed by atoms with E-state index in [2.05, 4.69) is 47.4 Å². The van der Waals surface area contributed by atoms with Gasteiger partial charge in [0, 0.05) is 18.2 Å². The molecule has 0 fully saturated rings. The Hall–Kier alpha value is -1.42. The molecular weight excluding hydrogens is 230 g/mol. The first-order chi connectivity index (χ1) is 8.28. The summed E-state index contributed by atoms with van der Waals surface area (Å²) in [7, 11) is 2.09. The van der Waals surface area contributed by atoms with Crippen LogP contribution in [0.2, 0.25) is 0 Å². The fourth-order valence-corrected chi connectivity index (χ4v) is 3.00. The van der Waals surface area contributed by atoms with Crippen LogP contribution in [0.4, 0.5) is 5.69 Å². The monoisotopic (exact) mass is 245 g/mol. The molecule has 0 bridgehead atoms. The summed E-state index contributed by atoms with van der Waals surface area (Å²) in [4.78, 5) is 7.91. The first kappa shape index (κ1) is 10.7. The lowest BCUT2D eigenvalue weighted by Crippen LogP contribution is -2.30. The Labute approximate surface area is 106 Å². The molecule has 0 aliphatic carbocycles. The van der Waals surface area contributed by atoms with Crippen molar-refractivity contribution < 1.29 is 0 Å². The van der Waals surface area contributed by atoms with Crippen molar-refractivity contribution in [3.63, 3.8) is 0 Å². The number of rotatable bonds is 1. The second-order valence-corrected chi connectivity index (χ2v) is 5.29. The lowest BCUT2D eigenvalue weighted by Gasteiger charge is -2.31. The fourth-order valence-electron chi connectivity index (χ4n) is 2.00. The van der Waals surface area contributed by atoms with Gasteiger partial charge in [-0.2, -0.15) is 0 Å². The average Bonchev–Trinajstić information content (AvgIpc) is 2.37. The van der Waals surface area contributed by atoms with Crippen LogP contribution in [0.3, 0.4) is 0 Å². The summed E-state index contributed by atoms with van der Waals surface area (Å²) in [5.41, 5.74) is 2.57. The van der Waals surface area contributed by atoms with Crippen molar-refractivity contribution in [2.24, 2.45) is 4.99 Å². The highest BCUT2D eigenvalue weighted by Crippen LogP contribution is 2.41. The van der Waals surface area contributed by atoms with Crippen LogP contribution in [0.15, 0.2) is 38.9 Å². The highest BCUT2D eigenvalue weighted by atomic mass is 32.2. The highest BCUT2D eigenvalue weighted by molar-refractivity contribution is 8.03. The molecule has 4 heteroatoms. The third-order valence-corrected chi connectivity index (χ3v) is 4.13. The fraction of sp³-hybridized carbons (Fsp3) is 0.308. The summed E-state index contributed by atoms with van der Waals surface area (Å²) >= 11 is 1.74. The van der Waals surface area contributed by atoms with Gasteiger partial charge in [0.25, 0.3) is 0 Å². The van der Waals surface area contributed by atoms with E-state index in [1.807, 2.05) is 6.21 Å². The maximum absolute atomic E-state index is 4.46. The number of hydrogen-bond donors (Lipinski definition) is 1. The first-order valence-corrected chi connectivity index (χ1v) is 6.65. The molecule has 2 heterocycles. The lowest BCUT2D eigenvalue weighted by atomic mass is 10.1. The van der Waals surface area contributed by atoms with Crippen LogP contribution in [0.5, 0.6) is 0 Å². The number of aliphatic imine (C=N–C) groups is 1. The number of hydrogen-bond acceptors (Lipinski definition) is 4. The summed E-state index contributed by atoms with van der Waals surface area (Å²) in [6, 6.07) is 6.60. The van der Waals surface area contributed by atoms with Crippen molar-refractivity contribution >= 4 is 23.7 Å². The predicted octanol–water partition coefficient (Wildman–Crippen LogP) is 2.91. The molecule has 0 aromatic heterocycles. The van der Waals surface area contributed by atoms with Gasteiger partial charge in [-0.05, 0) is 24.1 Å². The molecule has 3 nitrogen and oxygen atoms in total. The second kappa shape index (κ2) is 4.11. The van der Waals surface area contributed by atoms with Gasteiger partial charge in [0.1, 0.15) is 10.9 Å². The van der Waals surface area contributed by atoms with Gasteiger partial charge < -0.3 is 10.2 Å². The van der Waals surface area contributed by atoms with E-state index in [0.717, 1.165) is 23.8 Å². The molecule has 17 heavy (non-hydrogen) atoms. The number of nitrogens with one attached hydrogen (secondary N) is 1. The quantitative estimate of drug-likeness (QED) is 0.824. The molecule has 88 valence electrons. The van der Waals surface area contributed by atoms with Gasteiger partial charge in [-0.3, -0.25) is 0 Å². The zero-order chi connectivity index (χ0) is 11.8. The van der Waals surface area contributed by atoms with Gasteiger partial charge in [-0.1, -0.05) is 24.8 Å². The Morgan fingerprint density at radius 1 is 1.47 bits per heavy atom. The van der Waals surface area contributed by atoms with Gasteiger partial charge in [-0.25, -0.2) is 4.99 Å². The van der Waals surface area contributed by atoms with Gasteiger partial charge in [0.2, 0.25) is 0 Å². The number of anilines is 1. The van der Waals surface area contributed by atoms with E-state index in [4.69, 9.17) is 0 Å². The van der Waals surface area contributed by atoms with Gasteiger partial charge in [0.05, 0.1) is 12.2 Å². The number of aryl methyl sites for hydroxylation is 1. The van der Waals surface area contributed by atoms with Crippen LogP contribution >= 0.6 is 11.8 Å². The van der Waals surface area contributed by atoms with Gasteiger partial charge in [-0.15, -0.1) is 0 Å². The normalized spacial score (nSPS) is 17.6. The summed E-state index contributed by atoms with van der Waals surface area (Å²) in [6.07, 6.45) is 3.03. The smallest absolute Gasteiger partial charge is 0.141 e. The lowest BCUT2D eigenvalue weighted by molar-refractivity contribution is 0.476. The molecule has 1 aromatic carbocycles. The summed E-state index contributed by atoms with van der Waals surface area (Å²) < 4.78 is 0. The molecule has 0 atom stereocenters. The van der Waals surface area contributed by atoms with Crippen LogP contribution < -0.4 is 5.32 Å². The number of fused-ring (bicyclic) bond motifs is 1. The van der Waals surface area contributed by atoms with Gasteiger partial charge in [0.15, 0.2) is 0 Å². The van der Waals surface area contributed by atoms with Crippen molar-refractivity contribution in [3.05, 3.63) is 34.6 Å². The molecule has 0 saturated carbocycles. The Bertz CT molecular complexity index is 519. The van der Waals surface area contributed by atoms with E-state index >= 15 is 0 Å². The second-order valence-electron chi connectivity index (χ2n) is 4.26. The summed E-state index contributed by atoms with van der Waals surface area (Å²) in [6.45, 7) is 3.05. The summed E-state index contributed by atoms with van der Waals surface area (Å²) in [5, 5.41) is 4.56. The Morgan fingerprint density at radius 2 is 2.35 bits per heavy atom. The standard InChI is InChI=1S/C13H15N3S/c1-3-9-4-5-11-10(8-9)15-12-13(17-11)14-6-7-16(12)2/h4-6,8,15H,3,7H2,1-2H3. The third-order valence-electron chi connectivity index (χ3n) is 3.06. The van der Waals surface area contributed by atoms with Crippen LogP contribution in [-0.2, 0) is 6.42 Å². The Morgan fingerprint density at radius 3 is 3.18 bits per heavy atom. The van der Waals surface area contributed by atoms with Gasteiger partial charge >= 0.3 is 0 Å². The topological polar surface area (TPSA) is 27.6 Å². The van der Waals surface area contributed by atoms with Crippen LogP contribution in [0.1, 0.15) is 12.5 Å². The molecule has 1 aromatic rings. The number of nitrogens with zero attached hydrogens (tertiary/aromatic N) is 2. The van der Waals surface area contributed by atoms with E-state index in [-0.39, 0.29) is 0 Å². The largest absolute Gasteiger partial charge is 0.354 e. The van der Waals surface area contributed by atoms with Crippen LogP contribution in [-0.4, -0.2) is 24.7 Å². The minimum Gasteiger partial charge on any atom is -0.354 e. The zero-order valence-electron chi connectivity index (χ0n) is 10.0. The van der Waals surface area contributed by atoms with Crippen LogP contribution in [0, 0.1) is 0 Å². The molecule has 0 amide bonds. The van der Waals surface area contributed by atoms with E-state index in [1.54, 1.807) is 11.8 Å². The SMILES string of the molecule is CCc1ccc2c(c1)NC1=C(N=CCN1C)S2. The molecule has 0 spiro atoms. The Kier molecular flexibility index (Phi) is 2.59. The molecule has 0 radical (unpaired) electrons. The highest BCUT2D eigenvalue weighted by Gasteiger charge is 2.22. The molecular formula is C13H15N3S. The molecule has 0 saturated heterocycles. The van der Waals surface area contributed by atoms with Crippen molar-refractivity contribution in [2.75, 3.05) is 18.9 Å².